The van der Waals surface area contributed by atoms with Gasteiger partial charge in [-0.1, -0.05) is 18.2 Å². The fourth-order valence-corrected chi connectivity index (χ4v) is 3.54. The van der Waals surface area contributed by atoms with Crippen LogP contribution in [0.25, 0.3) is 33.7 Å². The van der Waals surface area contributed by atoms with Crippen LogP contribution in [0.15, 0.2) is 67.0 Å². The first-order valence-corrected chi connectivity index (χ1v) is 9.75. The van der Waals surface area contributed by atoms with Gasteiger partial charge in [-0.2, -0.15) is 0 Å². The van der Waals surface area contributed by atoms with E-state index in [4.69, 9.17) is 4.98 Å². The number of rotatable bonds is 4. The van der Waals surface area contributed by atoms with Crippen molar-refractivity contribution in [2.24, 2.45) is 0 Å². The Hall–Kier alpha value is -4.00. The van der Waals surface area contributed by atoms with Crippen molar-refractivity contribution in [3.63, 3.8) is 0 Å². The zero-order chi connectivity index (χ0) is 21.4. The topological polar surface area (TPSA) is 67.3 Å². The van der Waals surface area contributed by atoms with Gasteiger partial charge in [0.2, 0.25) is 0 Å². The van der Waals surface area contributed by atoms with Crippen LogP contribution in [0.5, 0.6) is 0 Å². The predicted molar refractivity (Wildman–Crippen MR) is 114 cm³/mol. The minimum absolute atomic E-state index is 0.323. The monoisotopic (exact) mass is 413 g/mol. The molecular formula is C24H17F2N5. The molecular weight excluding hydrogens is 396 g/mol. The first kappa shape index (κ1) is 19.0. The highest BCUT2D eigenvalue weighted by molar-refractivity contribution is 5.84. The van der Waals surface area contributed by atoms with Gasteiger partial charge < -0.3 is 4.98 Å². The number of fused-ring (bicyclic) bond motifs is 1. The maximum Gasteiger partial charge on any atom is 0.159 e. The number of imidazole rings is 1. The molecule has 5 rings (SSSR count). The molecule has 0 aliphatic carbocycles. The molecule has 3 aromatic heterocycles. The van der Waals surface area contributed by atoms with E-state index in [0.717, 1.165) is 39.7 Å². The van der Waals surface area contributed by atoms with E-state index in [2.05, 4.69) is 19.9 Å². The molecule has 0 amide bonds. The number of nitrogens with zero attached hydrogens (tertiary/aromatic N) is 4. The molecule has 0 saturated carbocycles. The Bertz CT molecular complexity index is 1410. The molecule has 0 spiro atoms. The van der Waals surface area contributed by atoms with E-state index in [-0.39, 0.29) is 0 Å². The summed E-state index contributed by atoms with van der Waals surface area (Å²) >= 11 is 0. The van der Waals surface area contributed by atoms with E-state index in [1.165, 1.54) is 6.07 Å². The van der Waals surface area contributed by atoms with Crippen LogP contribution < -0.4 is 0 Å². The molecule has 0 unspecified atom stereocenters. The fraction of sp³-hybridized carbons (Fsp3) is 0.0833. The smallest absolute Gasteiger partial charge is 0.159 e. The molecule has 152 valence electrons. The quantitative estimate of drug-likeness (QED) is 0.436. The summed E-state index contributed by atoms with van der Waals surface area (Å²) in [6, 6.07) is 15.4. The number of aromatic amines is 1. The lowest BCUT2D eigenvalue weighted by molar-refractivity contribution is 0.507. The van der Waals surface area contributed by atoms with Crippen LogP contribution in [0.3, 0.4) is 0 Å². The largest absolute Gasteiger partial charge is 0.340 e. The summed E-state index contributed by atoms with van der Waals surface area (Å²) in [6.07, 6.45) is 3.62. The number of benzene rings is 2. The molecule has 0 radical (unpaired) electrons. The number of hydrogen-bond donors (Lipinski definition) is 1. The molecule has 2 aromatic carbocycles. The number of nitrogens with one attached hydrogen (secondary N) is 1. The number of halogens is 2. The molecule has 7 heteroatoms. The van der Waals surface area contributed by atoms with E-state index in [9.17, 15) is 8.78 Å². The first-order valence-electron chi connectivity index (χ1n) is 9.75. The Morgan fingerprint density at radius 1 is 0.839 bits per heavy atom. The number of aryl methyl sites for hydroxylation is 1. The minimum atomic E-state index is -0.877. The Morgan fingerprint density at radius 3 is 2.48 bits per heavy atom. The minimum Gasteiger partial charge on any atom is -0.340 e. The van der Waals surface area contributed by atoms with Gasteiger partial charge in [-0.15, -0.1) is 0 Å². The van der Waals surface area contributed by atoms with Crippen LogP contribution in [0.4, 0.5) is 8.78 Å². The summed E-state index contributed by atoms with van der Waals surface area (Å²) in [5.41, 5.74) is 6.12. The van der Waals surface area contributed by atoms with Crippen molar-refractivity contribution >= 4 is 11.0 Å². The van der Waals surface area contributed by atoms with Crippen molar-refractivity contribution in [1.82, 2.24) is 24.9 Å². The average molecular weight is 413 g/mol. The first-order chi connectivity index (χ1) is 15.1. The number of H-pyrrole nitrogens is 1. The molecule has 0 bridgehead atoms. The number of aromatic nitrogens is 5. The highest BCUT2D eigenvalue weighted by atomic mass is 19.2. The van der Waals surface area contributed by atoms with Crippen molar-refractivity contribution in [2.45, 2.75) is 13.3 Å². The summed E-state index contributed by atoms with van der Waals surface area (Å²) < 4.78 is 27.0. The summed E-state index contributed by atoms with van der Waals surface area (Å²) in [4.78, 5) is 21.4. The second-order valence-electron chi connectivity index (χ2n) is 7.26. The van der Waals surface area contributed by atoms with Crippen LogP contribution in [-0.2, 0) is 6.42 Å². The molecule has 5 nitrogen and oxygen atoms in total. The highest BCUT2D eigenvalue weighted by Gasteiger charge is 2.17. The predicted octanol–water partition coefficient (Wildman–Crippen LogP) is 5.26. The molecule has 5 aromatic rings. The van der Waals surface area contributed by atoms with Gasteiger partial charge in [-0.25, -0.2) is 13.8 Å². The SMILES string of the molecule is Cc1cccc(-c2[nH]c(Cc3ccc(F)c(F)c3)nc2-c2ccc3nccnc3c2)n1. The van der Waals surface area contributed by atoms with Crippen LogP contribution in [-0.4, -0.2) is 24.9 Å². The third-order valence-electron chi connectivity index (χ3n) is 5.00. The molecule has 0 saturated heterocycles. The number of hydrogen-bond acceptors (Lipinski definition) is 4. The van der Waals surface area contributed by atoms with Gasteiger partial charge >= 0.3 is 0 Å². The third-order valence-corrected chi connectivity index (χ3v) is 5.00. The van der Waals surface area contributed by atoms with Gasteiger partial charge in [0, 0.05) is 30.1 Å². The van der Waals surface area contributed by atoms with Crippen molar-refractivity contribution in [3.05, 3.63) is 95.7 Å². The van der Waals surface area contributed by atoms with Gasteiger partial charge in [0.05, 0.1) is 28.1 Å². The lowest BCUT2D eigenvalue weighted by atomic mass is 10.1. The third kappa shape index (κ3) is 3.77. The zero-order valence-electron chi connectivity index (χ0n) is 16.6. The fourth-order valence-electron chi connectivity index (χ4n) is 3.54. The average Bonchev–Trinajstić information content (AvgIpc) is 3.20. The molecule has 0 atom stereocenters. The maximum atomic E-state index is 13.7. The van der Waals surface area contributed by atoms with E-state index in [0.29, 0.717) is 23.5 Å². The van der Waals surface area contributed by atoms with E-state index in [1.54, 1.807) is 18.5 Å². The van der Waals surface area contributed by atoms with Crippen molar-refractivity contribution in [1.29, 1.82) is 0 Å². The Balaban J connectivity index is 1.63. The van der Waals surface area contributed by atoms with Gasteiger partial charge in [-0.3, -0.25) is 15.0 Å². The standard InChI is InChI=1S/C24H17F2N5/c1-14-3-2-4-20(29-14)24-23(16-6-8-19-21(13-16)28-10-9-27-19)30-22(31-24)12-15-5-7-17(25)18(26)11-15/h2-11,13H,12H2,1H3,(H,30,31). The van der Waals surface area contributed by atoms with E-state index >= 15 is 0 Å². The molecule has 0 fully saturated rings. The highest BCUT2D eigenvalue weighted by Crippen LogP contribution is 2.31. The van der Waals surface area contributed by atoms with Crippen molar-refractivity contribution < 1.29 is 8.78 Å². The van der Waals surface area contributed by atoms with E-state index < -0.39 is 11.6 Å². The number of pyridine rings is 1. The van der Waals surface area contributed by atoms with E-state index in [1.807, 2.05) is 43.3 Å². The second kappa shape index (κ2) is 7.68. The van der Waals surface area contributed by atoms with Crippen LogP contribution >= 0.6 is 0 Å². The van der Waals surface area contributed by atoms with Gasteiger partial charge in [0.1, 0.15) is 5.82 Å². The summed E-state index contributed by atoms with van der Waals surface area (Å²) in [5, 5.41) is 0. The van der Waals surface area contributed by atoms with Crippen LogP contribution in [0.1, 0.15) is 17.1 Å². The Kier molecular flexibility index (Phi) is 4.71. The Morgan fingerprint density at radius 2 is 1.68 bits per heavy atom. The zero-order valence-corrected chi connectivity index (χ0v) is 16.6. The molecule has 1 N–H and O–H groups in total. The molecule has 0 aliphatic rings. The lowest BCUT2D eigenvalue weighted by Crippen LogP contribution is -1.94. The lowest BCUT2D eigenvalue weighted by Gasteiger charge is -2.04. The van der Waals surface area contributed by atoms with Gasteiger partial charge in [0.25, 0.3) is 0 Å². The van der Waals surface area contributed by atoms with Crippen molar-refractivity contribution in [3.8, 4) is 22.6 Å². The summed E-state index contributed by atoms with van der Waals surface area (Å²) in [6.45, 7) is 1.92. The van der Waals surface area contributed by atoms with Crippen molar-refractivity contribution in [2.75, 3.05) is 0 Å². The Labute approximate surface area is 176 Å². The second-order valence-corrected chi connectivity index (χ2v) is 7.26. The van der Waals surface area contributed by atoms with Crippen LogP contribution in [0, 0.1) is 18.6 Å². The molecule has 31 heavy (non-hydrogen) atoms. The van der Waals surface area contributed by atoms with Gasteiger partial charge in [-0.05, 0) is 48.9 Å². The molecule has 3 heterocycles. The normalized spacial score (nSPS) is 11.2. The molecule has 0 aliphatic heterocycles. The summed E-state index contributed by atoms with van der Waals surface area (Å²) in [7, 11) is 0. The summed E-state index contributed by atoms with van der Waals surface area (Å²) in [5.74, 6) is -1.12. The van der Waals surface area contributed by atoms with Gasteiger partial charge in [0.15, 0.2) is 11.6 Å². The van der Waals surface area contributed by atoms with Crippen LogP contribution in [0.2, 0.25) is 0 Å². The maximum absolute atomic E-state index is 13.7.